The molecular formula is C45H85O13P. The van der Waals surface area contributed by atoms with Crippen molar-refractivity contribution in [1.29, 1.82) is 0 Å². The SMILES string of the molecule is CCCCCCCCCCC/C=C/CCCCC(=O)OC[C@H](COP(=O)(O)OC1C(O)C(O)C(O)[C@@H](O)C1O)OC(=O)CCCCCCCCCCCCCCCCC. The number of rotatable bonds is 39. The predicted molar refractivity (Wildman–Crippen MR) is 231 cm³/mol. The average molecular weight is 865 g/mol. The van der Waals surface area contributed by atoms with Crippen LogP contribution in [0.1, 0.15) is 206 Å². The van der Waals surface area contributed by atoms with Crippen LogP contribution in [-0.2, 0) is 32.7 Å². The predicted octanol–water partition coefficient (Wildman–Crippen LogP) is 9.06. The Kier molecular flexibility index (Phi) is 34.0. The van der Waals surface area contributed by atoms with Gasteiger partial charge in [0.2, 0.25) is 0 Å². The molecule has 0 radical (unpaired) electrons. The topological polar surface area (TPSA) is 210 Å². The van der Waals surface area contributed by atoms with Gasteiger partial charge in [0.05, 0.1) is 6.61 Å². The van der Waals surface area contributed by atoms with Crippen LogP contribution < -0.4 is 0 Å². The molecule has 0 aromatic rings. The van der Waals surface area contributed by atoms with Gasteiger partial charge in [-0.1, -0.05) is 167 Å². The van der Waals surface area contributed by atoms with Crippen LogP contribution >= 0.6 is 7.82 Å². The largest absolute Gasteiger partial charge is 0.472 e. The number of carbonyl (C=O) groups excluding carboxylic acids is 2. The highest BCUT2D eigenvalue weighted by Gasteiger charge is 2.51. The fourth-order valence-corrected chi connectivity index (χ4v) is 8.26. The van der Waals surface area contributed by atoms with Crippen LogP contribution in [0.5, 0.6) is 0 Å². The first-order chi connectivity index (χ1) is 28.4. The molecule has 0 spiro atoms. The molecule has 1 rings (SSSR count). The van der Waals surface area contributed by atoms with Crippen molar-refractivity contribution < 1.29 is 63.1 Å². The van der Waals surface area contributed by atoms with Gasteiger partial charge in [-0.05, 0) is 38.5 Å². The van der Waals surface area contributed by atoms with Gasteiger partial charge in [0.1, 0.15) is 43.2 Å². The van der Waals surface area contributed by atoms with E-state index in [2.05, 4.69) is 26.0 Å². The van der Waals surface area contributed by atoms with Crippen LogP contribution in [0.4, 0.5) is 0 Å². The zero-order valence-corrected chi connectivity index (χ0v) is 37.7. The molecule has 0 bridgehead atoms. The Hall–Kier alpha value is -1.41. The maximum Gasteiger partial charge on any atom is 0.472 e. The number of hydrogen-bond donors (Lipinski definition) is 6. The van der Waals surface area contributed by atoms with Crippen molar-refractivity contribution in [3.63, 3.8) is 0 Å². The second kappa shape index (κ2) is 36.1. The summed E-state index contributed by atoms with van der Waals surface area (Å²) in [7, 11) is -5.12. The lowest BCUT2D eigenvalue weighted by Gasteiger charge is -2.41. The Bertz CT molecular complexity index is 1090. The van der Waals surface area contributed by atoms with E-state index in [1.807, 2.05) is 0 Å². The van der Waals surface area contributed by atoms with E-state index < -0.39 is 75.7 Å². The Balaban J connectivity index is 2.46. The van der Waals surface area contributed by atoms with Gasteiger partial charge in [-0.25, -0.2) is 4.57 Å². The molecule has 1 saturated carbocycles. The summed E-state index contributed by atoms with van der Waals surface area (Å²) in [6, 6.07) is 0. The smallest absolute Gasteiger partial charge is 0.462 e. The van der Waals surface area contributed by atoms with Crippen LogP contribution in [-0.4, -0.2) is 98.3 Å². The Morgan fingerprint density at radius 1 is 0.508 bits per heavy atom. The van der Waals surface area contributed by atoms with E-state index in [1.165, 1.54) is 128 Å². The summed E-state index contributed by atoms with van der Waals surface area (Å²) >= 11 is 0. The number of allylic oxidation sites excluding steroid dienone is 2. The lowest BCUT2D eigenvalue weighted by atomic mass is 9.85. The van der Waals surface area contributed by atoms with Crippen molar-refractivity contribution >= 4 is 19.8 Å². The lowest BCUT2D eigenvalue weighted by Crippen LogP contribution is -2.64. The molecule has 0 aromatic heterocycles. The summed E-state index contributed by atoms with van der Waals surface area (Å²) < 4.78 is 33.5. The van der Waals surface area contributed by atoms with Crippen molar-refractivity contribution in [3.05, 3.63) is 12.2 Å². The molecule has 348 valence electrons. The first kappa shape index (κ1) is 55.6. The molecule has 0 saturated heterocycles. The molecule has 1 fully saturated rings. The number of aliphatic hydroxyl groups excluding tert-OH is 5. The normalized spacial score (nSPS) is 22.4. The maximum atomic E-state index is 12.8. The van der Waals surface area contributed by atoms with Crippen LogP contribution in [0.3, 0.4) is 0 Å². The number of carbonyl (C=O) groups is 2. The van der Waals surface area contributed by atoms with Gasteiger partial charge in [-0.15, -0.1) is 0 Å². The maximum absolute atomic E-state index is 12.8. The fourth-order valence-electron chi connectivity index (χ4n) is 7.28. The van der Waals surface area contributed by atoms with E-state index in [0.29, 0.717) is 12.8 Å². The van der Waals surface area contributed by atoms with Crippen LogP contribution in [0.15, 0.2) is 12.2 Å². The molecule has 13 nitrogen and oxygen atoms in total. The third kappa shape index (κ3) is 28.7. The minimum Gasteiger partial charge on any atom is -0.462 e. The molecule has 6 unspecified atom stereocenters. The molecule has 6 N–H and O–H groups in total. The zero-order chi connectivity index (χ0) is 43.6. The number of unbranched alkanes of at least 4 members (excludes halogenated alkanes) is 25. The molecule has 1 aliphatic rings. The Labute approximate surface area is 356 Å². The van der Waals surface area contributed by atoms with Crippen molar-refractivity contribution in [2.24, 2.45) is 0 Å². The van der Waals surface area contributed by atoms with Gasteiger partial charge >= 0.3 is 19.8 Å². The minimum absolute atomic E-state index is 0.0984. The van der Waals surface area contributed by atoms with E-state index in [0.717, 1.165) is 38.5 Å². The average Bonchev–Trinajstić information content (AvgIpc) is 3.21. The highest BCUT2D eigenvalue weighted by atomic mass is 31.2. The Morgan fingerprint density at radius 3 is 1.32 bits per heavy atom. The molecule has 14 heteroatoms. The molecule has 0 heterocycles. The summed E-state index contributed by atoms with van der Waals surface area (Å²) in [5.41, 5.74) is 0. The molecule has 8 atom stereocenters. The minimum atomic E-state index is -5.12. The van der Waals surface area contributed by atoms with Crippen LogP contribution in [0, 0.1) is 0 Å². The van der Waals surface area contributed by atoms with Gasteiger partial charge in [0.15, 0.2) is 6.10 Å². The highest BCUT2D eigenvalue weighted by Crippen LogP contribution is 2.47. The van der Waals surface area contributed by atoms with Crippen molar-refractivity contribution in [3.8, 4) is 0 Å². The highest BCUT2D eigenvalue weighted by molar-refractivity contribution is 7.47. The monoisotopic (exact) mass is 865 g/mol. The van der Waals surface area contributed by atoms with Crippen molar-refractivity contribution in [2.75, 3.05) is 13.2 Å². The fraction of sp³-hybridized carbons (Fsp3) is 0.911. The lowest BCUT2D eigenvalue weighted by molar-refractivity contribution is -0.220. The summed E-state index contributed by atoms with van der Waals surface area (Å²) in [5, 5.41) is 50.1. The van der Waals surface area contributed by atoms with E-state index in [-0.39, 0.29) is 12.8 Å². The Morgan fingerprint density at radius 2 is 0.864 bits per heavy atom. The van der Waals surface area contributed by atoms with Gasteiger partial charge in [-0.3, -0.25) is 18.6 Å². The molecule has 59 heavy (non-hydrogen) atoms. The molecule has 0 aliphatic heterocycles. The van der Waals surface area contributed by atoms with Gasteiger partial charge in [0, 0.05) is 12.8 Å². The van der Waals surface area contributed by atoms with E-state index in [1.54, 1.807) is 0 Å². The third-order valence-corrected chi connectivity index (χ3v) is 12.1. The third-order valence-electron chi connectivity index (χ3n) is 11.1. The molecule has 1 aliphatic carbocycles. The van der Waals surface area contributed by atoms with Crippen molar-refractivity contribution in [2.45, 2.75) is 249 Å². The molecule has 0 amide bonds. The quantitative estimate of drug-likeness (QED) is 0.0148. The molecule has 0 aromatic carbocycles. The first-order valence-electron chi connectivity index (χ1n) is 23.5. The van der Waals surface area contributed by atoms with E-state index in [4.69, 9.17) is 18.5 Å². The summed E-state index contributed by atoms with van der Waals surface area (Å²) in [5.74, 6) is -1.11. The first-order valence-corrected chi connectivity index (χ1v) is 25.0. The summed E-state index contributed by atoms with van der Waals surface area (Å²) in [4.78, 5) is 35.7. The van der Waals surface area contributed by atoms with Gasteiger partial charge in [0.25, 0.3) is 0 Å². The van der Waals surface area contributed by atoms with Crippen LogP contribution in [0.25, 0.3) is 0 Å². The van der Waals surface area contributed by atoms with Gasteiger partial charge in [-0.2, -0.15) is 0 Å². The van der Waals surface area contributed by atoms with E-state index in [9.17, 15) is 44.6 Å². The van der Waals surface area contributed by atoms with E-state index >= 15 is 0 Å². The number of aliphatic hydroxyl groups is 5. The summed E-state index contributed by atoms with van der Waals surface area (Å²) in [6.45, 7) is 3.29. The second-order valence-electron chi connectivity index (χ2n) is 16.6. The van der Waals surface area contributed by atoms with Crippen molar-refractivity contribution in [1.82, 2.24) is 0 Å². The number of esters is 2. The number of ether oxygens (including phenoxy) is 2. The standard InChI is InChI=1S/C45H85O13P/c1-3-5-7-9-11-13-15-17-19-21-23-25-27-29-31-33-38(46)55-35-37(36-56-59(53,54)58-45-43(51)41(49)40(48)42(50)44(45)52)57-39(47)34-32-30-28-26-24-22-20-18-16-14-12-10-8-6-4-2/h23,25,37,40-45,48-52H,3-22,24,26-36H2,1-2H3,(H,53,54)/b25-23+/t37-,40?,41-,42?,43?,44?,45?/m1/s1. The second-order valence-corrected chi connectivity index (χ2v) is 18.0. The van der Waals surface area contributed by atoms with Crippen LogP contribution in [0.2, 0.25) is 0 Å². The number of phosphoric acid groups is 1. The number of hydrogen-bond acceptors (Lipinski definition) is 12. The molecular weight excluding hydrogens is 779 g/mol. The van der Waals surface area contributed by atoms with Gasteiger partial charge < -0.3 is 39.9 Å². The number of phosphoric ester groups is 1. The zero-order valence-electron chi connectivity index (χ0n) is 36.8. The summed E-state index contributed by atoms with van der Waals surface area (Å²) in [6.07, 6.45) is 24.1.